The van der Waals surface area contributed by atoms with Gasteiger partial charge in [0.05, 0.1) is 30.2 Å². The van der Waals surface area contributed by atoms with Gasteiger partial charge in [-0.2, -0.15) is 0 Å². The molecule has 2 heterocycles. The number of ether oxygens (including phenoxy) is 1. The fourth-order valence-corrected chi connectivity index (χ4v) is 6.23. The lowest BCUT2D eigenvalue weighted by molar-refractivity contribution is 0.0985. The van der Waals surface area contributed by atoms with Gasteiger partial charge in [-0.1, -0.05) is 19.3 Å². The van der Waals surface area contributed by atoms with E-state index in [0.29, 0.717) is 31.3 Å². The van der Waals surface area contributed by atoms with Crippen LogP contribution < -0.4 is 4.90 Å². The first kappa shape index (κ1) is 19.8. The zero-order valence-corrected chi connectivity index (χ0v) is 17.3. The Labute approximate surface area is 161 Å². The van der Waals surface area contributed by atoms with Crippen molar-refractivity contribution in [1.29, 1.82) is 0 Å². The van der Waals surface area contributed by atoms with Crippen LogP contribution >= 0.6 is 11.6 Å². The van der Waals surface area contributed by atoms with Crippen LogP contribution in [0, 0.1) is 0 Å². The minimum absolute atomic E-state index is 0.0862. The Morgan fingerprint density at radius 2 is 1.92 bits per heavy atom. The number of anilines is 1. The van der Waals surface area contributed by atoms with Gasteiger partial charge in [0.15, 0.2) is 9.84 Å². The molecule has 1 aliphatic heterocycles. The molecule has 0 aromatic carbocycles. The quantitative estimate of drug-likeness (QED) is 0.720. The molecular weight excluding hydrogens is 374 g/mol. The fourth-order valence-electron chi connectivity index (χ4n) is 3.87. The second-order valence-corrected chi connectivity index (χ2v) is 10.9. The number of nitrogens with zero attached hydrogens (tertiary/aromatic N) is 3. The molecule has 8 heteroatoms. The van der Waals surface area contributed by atoms with Gasteiger partial charge in [0.1, 0.15) is 10.6 Å². The minimum Gasteiger partial charge on any atom is -0.377 e. The number of sulfone groups is 1. The summed E-state index contributed by atoms with van der Waals surface area (Å²) >= 11 is 6.18. The first-order valence-corrected chi connectivity index (χ1v) is 11.3. The Morgan fingerprint density at radius 1 is 1.23 bits per heavy atom. The van der Waals surface area contributed by atoms with Crippen molar-refractivity contribution in [2.45, 2.75) is 68.9 Å². The largest absolute Gasteiger partial charge is 0.377 e. The number of hydrogen-bond acceptors (Lipinski definition) is 6. The van der Waals surface area contributed by atoms with Crippen LogP contribution in [-0.4, -0.2) is 49.4 Å². The Morgan fingerprint density at radius 3 is 2.58 bits per heavy atom. The van der Waals surface area contributed by atoms with E-state index in [2.05, 4.69) is 21.8 Å². The van der Waals surface area contributed by atoms with Crippen LogP contribution in [0.15, 0.2) is 6.07 Å². The summed E-state index contributed by atoms with van der Waals surface area (Å²) in [6.07, 6.45) is 4.53. The number of hydrogen-bond donors (Lipinski definition) is 0. The Bertz CT molecular complexity index is 748. The molecule has 0 spiro atoms. The lowest BCUT2D eigenvalue weighted by Gasteiger charge is -2.36. The summed E-state index contributed by atoms with van der Waals surface area (Å²) < 4.78 is 31.0. The monoisotopic (exact) mass is 401 g/mol. The lowest BCUT2D eigenvalue weighted by atomic mass is 10.0. The molecule has 1 aromatic rings. The van der Waals surface area contributed by atoms with Crippen molar-refractivity contribution < 1.29 is 13.2 Å². The highest BCUT2D eigenvalue weighted by molar-refractivity contribution is 7.92. The van der Waals surface area contributed by atoms with Crippen LogP contribution in [0.25, 0.3) is 0 Å². The second kappa shape index (κ2) is 7.60. The highest BCUT2D eigenvalue weighted by Crippen LogP contribution is 2.38. The Hall–Kier alpha value is -0.920. The van der Waals surface area contributed by atoms with Crippen LogP contribution in [0.5, 0.6) is 0 Å². The van der Waals surface area contributed by atoms with Crippen LogP contribution in [0.3, 0.4) is 0 Å². The van der Waals surface area contributed by atoms with E-state index in [1.165, 1.54) is 0 Å². The fraction of sp³-hybridized carbons (Fsp3) is 0.778. The van der Waals surface area contributed by atoms with E-state index >= 15 is 0 Å². The van der Waals surface area contributed by atoms with Crippen molar-refractivity contribution >= 4 is 27.3 Å². The van der Waals surface area contributed by atoms with Gasteiger partial charge >= 0.3 is 0 Å². The van der Waals surface area contributed by atoms with Crippen LogP contribution in [0.2, 0.25) is 5.28 Å². The van der Waals surface area contributed by atoms with E-state index in [4.69, 9.17) is 16.3 Å². The average Bonchev–Trinajstić information content (AvgIpc) is 2.62. The van der Waals surface area contributed by atoms with E-state index in [-0.39, 0.29) is 16.6 Å². The Balaban J connectivity index is 1.96. The summed E-state index contributed by atoms with van der Waals surface area (Å²) in [6.45, 7) is 7.46. The predicted octanol–water partition coefficient (Wildman–Crippen LogP) is 3.34. The lowest BCUT2D eigenvalue weighted by Crippen LogP contribution is -2.44. The van der Waals surface area contributed by atoms with Gasteiger partial charge in [0, 0.05) is 12.6 Å². The van der Waals surface area contributed by atoms with Crippen molar-refractivity contribution in [3.05, 3.63) is 17.0 Å². The first-order chi connectivity index (χ1) is 12.2. The minimum atomic E-state index is -3.38. The van der Waals surface area contributed by atoms with E-state index in [1.54, 1.807) is 19.9 Å². The van der Waals surface area contributed by atoms with Gasteiger partial charge in [0.2, 0.25) is 5.28 Å². The zero-order chi connectivity index (χ0) is 18.9. The Kier molecular flexibility index (Phi) is 5.80. The van der Waals surface area contributed by atoms with E-state index in [9.17, 15) is 8.42 Å². The molecule has 2 fully saturated rings. The number of halogens is 1. The molecule has 2 aliphatic rings. The molecule has 146 valence electrons. The van der Waals surface area contributed by atoms with Crippen molar-refractivity contribution in [3.8, 4) is 0 Å². The first-order valence-electron chi connectivity index (χ1n) is 9.36. The molecule has 1 atom stereocenters. The standard InChI is InChI=1S/C18H28ClN3O3S/c1-13-12-25-10-9-22(13)16-11-15(20-17(19)21-16)18(2,3)26(23,24)14-7-5-4-6-8-14/h11,13-14H,4-10,12H2,1-3H3/t13-/m0/s1. The molecule has 26 heavy (non-hydrogen) atoms. The molecule has 1 saturated carbocycles. The third-order valence-corrected chi connectivity index (χ3v) is 8.82. The molecule has 3 rings (SSSR count). The van der Waals surface area contributed by atoms with E-state index < -0.39 is 14.6 Å². The van der Waals surface area contributed by atoms with Crippen molar-refractivity contribution in [2.75, 3.05) is 24.7 Å². The maximum absolute atomic E-state index is 13.3. The topological polar surface area (TPSA) is 72.4 Å². The summed E-state index contributed by atoms with van der Waals surface area (Å²) in [5, 5.41) is -0.214. The highest BCUT2D eigenvalue weighted by atomic mass is 35.5. The molecule has 0 radical (unpaired) electrons. The summed E-state index contributed by atoms with van der Waals surface area (Å²) in [6, 6.07) is 1.94. The molecular formula is C18H28ClN3O3S. The third kappa shape index (κ3) is 3.71. The van der Waals surface area contributed by atoms with Crippen molar-refractivity contribution in [1.82, 2.24) is 9.97 Å². The van der Waals surface area contributed by atoms with E-state index in [0.717, 1.165) is 32.1 Å². The van der Waals surface area contributed by atoms with Crippen molar-refractivity contribution in [3.63, 3.8) is 0 Å². The average molecular weight is 402 g/mol. The molecule has 0 bridgehead atoms. The number of rotatable bonds is 4. The van der Waals surface area contributed by atoms with Gasteiger partial charge < -0.3 is 9.64 Å². The zero-order valence-electron chi connectivity index (χ0n) is 15.7. The maximum atomic E-state index is 13.3. The smallest absolute Gasteiger partial charge is 0.224 e. The molecule has 1 aliphatic carbocycles. The molecule has 0 N–H and O–H groups in total. The molecule has 1 aromatic heterocycles. The molecule has 1 saturated heterocycles. The molecule has 0 amide bonds. The van der Waals surface area contributed by atoms with Crippen molar-refractivity contribution in [2.24, 2.45) is 0 Å². The van der Waals surface area contributed by atoms with Gasteiger partial charge in [-0.15, -0.1) is 0 Å². The predicted molar refractivity (Wildman–Crippen MR) is 103 cm³/mol. The van der Waals surface area contributed by atoms with Gasteiger partial charge in [-0.3, -0.25) is 0 Å². The summed E-state index contributed by atoms with van der Waals surface area (Å²) in [5.41, 5.74) is 0.469. The number of aromatic nitrogens is 2. The summed E-state index contributed by atoms with van der Waals surface area (Å²) in [7, 11) is -3.38. The normalized spacial score (nSPS) is 23.2. The van der Waals surface area contributed by atoms with Gasteiger partial charge in [0.25, 0.3) is 0 Å². The summed E-state index contributed by atoms with van der Waals surface area (Å²) in [5.74, 6) is 0.669. The highest BCUT2D eigenvalue weighted by Gasteiger charge is 2.43. The van der Waals surface area contributed by atoms with E-state index in [1.807, 2.05) is 0 Å². The number of morpholine rings is 1. The van der Waals surface area contributed by atoms with Gasteiger partial charge in [-0.05, 0) is 45.2 Å². The molecule has 6 nitrogen and oxygen atoms in total. The summed E-state index contributed by atoms with van der Waals surface area (Å²) in [4.78, 5) is 10.8. The second-order valence-electron chi connectivity index (χ2n) is 7.81. The third-order valence-electron chi connectivity index (χ3n) is 5.67. The van der Waals surface area contributed by atoms with Crippen LogP contribution in [0.4, 0.5) is 5.82 Å². The molecule has 0 unspecified atom stereocenters. The van der Waals surface area contributed by atoms with Gasteiger partial charge in [-0.25, -0.2) is 18.4 Å². The van der Waals surface area contributed by atoms with Crippen LogP contribution in [-0.2, 0) is 19.3 Å². The van der Waals surface area contributed by atoms with Crippen LogP contribution in [0.1, 0.15) is 58.6 Å². The maximum Gasteiger partial charge on any atom is 0.224 e. The SMILES string of the molecule is C[C@H]1COCCN1c1cc(C(C)(C)S(=O)(=O)C2CCCCC2)nc(Cl)n1.